The molecule has 2 aromatic rings. The number of Topliss-reactive ketones (excluding diaryl/α,β-unsaturated/α-hetero) is 2. The molecule has 2 N–H and O–H groups in total. The Labute approximate surface area is 326 Å². The van der Waals surface area contributed by atoms with E-state index in [4.69, 9.17) is 28.2 Å². The van der Waals surface area contributed by atoms with Crippen LogP contribution in [-0.4, -0.2) is 118 Å². The van der Waals surface area contributed by atoms with E-state index in [1.54, 1.807) is 59.3 Å². The first-order valence-corrected chi connectivity index (χ1v) is 19.7. The predicted molar refractivity (Wildman–Crippen MR) is 199 cm³/mol. The lowest BCUT2D eigenvalue weighted by atomic mass is 9.73. The first kappa shape index (κ1) is 42.4. The molecule has 3 fully saturated rings. The number of nitrogens with zero attached hydrogens (tertiary/aromatic N) is 3. The number of carbonyl (C=O) groups excluding carboxylic acids is 4. The lowest BCUT2D eigenvalue weighted by Crippen LogP contribution is -2.60. The van der Waals surface area contributed by atoms with Gasteiger partial charge in [-0.15, -0.1) is 11.3 Å². The molecule has 0 aromatic carbocycles. The summed E-state index contributed by atoms with van der Waals surface area (Å²) in [7, 11) is 3.71. The Kier molecular flexibility index (Phi) is 13.3. The third kappa shape index (κ3) is 8.97. The Balaban J connectivity index is 1.55. The second-order valence-electron chi connectivity index (χ2n) is 15.7. The predicted octanol–water partition coefficient (Wildman–Crippen LogP) is 4.01. The topological polar surface area (TPSA) is 189 Å². The van der Waals surface area contributed by atoms with Crippen molar-refractivity contribution in [1.29, 1.82) is 0 Å². The molecule has 0 unspecified atom stereocenters. The first-order valence-electron chi connectivity index (χ1n) is 18.8. The van der Waals surface area contributed by atoms with Gasteiger partial charge in [0.05, 0.1) is 34.2 Å². The van der Waals surface area contributed by atoms with Crippen LogP contribution in [-0.2, 0) is 38.1 Å². The number of ketones is 2. The van der Waals surface area contributed by atoms with Gasteiger partial charge in [0.25, 0.3) is 0 Å². The number of hydrogen-bond acceptors (Lipinski definition) is 15. The molecule has 0 bridgehead atoms. The fraction of sp³-hybridized carbons (Fsp3) is 0.692. The van der Waals surface area contributed by atoms with E-state index in [1.165, 1.54) is 18.3 Å². The van der Waals surface area contributed by atoms with Crippen LogP contribution in [0.3, 0.4) is 0 Å². The molecule has 3 aliphatic heterocycles. The number of thiazole rings is 1. The van der Waals surface area contributed by atoms with Crippen LogP contribution in [0, 0.1) is 35.5 Å². The van der Waals surface area contributed by atoms with Crippen LogP contribution in [0.1, 0.15) is 80.4 Å². The number of aromatic nitrogens is 2. The number of aliphatic hydroxyl groups excluding tert-OH is 1. The molecule has 1 amide bonds. The standard InChI is InChI=1S/C39H54N4O11S/c1-11-29-39(8)33(41-37(48)53-39)22(4)30(44)20(2)17-38(7,49-14-12-13-25-16-26(42-54-25)28-18-40-19-55-28)34(23(5)31(45)24(6)35(47)51-29)52-36-32(46)27(43(9)10)15-21(3)50-36/h16,18-24,27,29,32-34,36,46H,11,14-15,17H2,1-10H3,(H,41,48)/t20-,21-,22-,23+,24-,27+,29+,32-,33-,34-,36+,38+,39-/m1/s1. The lowest BCUT2D eigenvalue weighted by Gasteiger charge is -2.47. The Hall–Kier alpha value is -3.72. The van der Waals surface area contributed by atoms with Crippen molar-refractivity contribution in [2.24, 2.45) is 23.7 Å². The molecule has 15 nitrogen and oxygen atoms in total. The molecule has 302 valence electrons. The summed E-state index contributed by atoms with van der Waals surface area (Å²) in [6, 6.07) is 0.510. The highest BCUT2D eigenvalue weighted by Crippen LogP contribution is 2.40. The Morgan fingerprint density at radius 3 is 2.47 bits per heavy atom. The van der Waals surface area contributed by atoms with Gasteiger partial charge < -0.3 is 43.5 Å². The van der Waals surface area contributed by atoms with Gasteiger partial charge in [-0.3, -0.25) is 19.4 Å². The molecule has 0 saturated carbocycles. The van der Waals surface area contributed by atoms with Crippen molar-refractivity contribution in [3.8, 4) is 22.4 Å². The van der Waals surface area contributed by atoms with E-state index in [0.29, 0.717) is 17.9 Å². The quantitative estimate of drug-likeness (QED) is 0.233. The summed E-state index contributed by atoms with van der Waals surface area (Å²) in [5.74, 6) is 0.804. The van der Waals surface area contributed by atoms with E-state index in [9.17, 15) is 24.3 Å². The van der Waals surface area contributed by atoms with E-state index in [1.807, 2.05) is 25.9 Å². The summed E-state index contributed by atoms with van der Waals surface area (Å²) in [6.45, 7) is 13.4. The maximum atomic E-state index is 14.4. The summed E-state index contributed by atoms with van der Waals surface area (Å²) in [5.41, 5.74) is -0.566. The van der Waals surface area contributed by atoms with Crippen molar-refractivity contribution in [3.63, 3.8) is 0 Å². The van der Waals surface area contributed by atoms with Gasteiger partial charge in [-0.05, 0) is 67.0 Å². The SMILES string of the molecule is CC[C@@H]1OC(=O)[C@H](C)C(=O)[C@H](C)[C@@H](O[C@@H]2O[C@H](C)C[C@H](N(C)C)[C@H]2O)[C@@](C)(OCC#Cc2cc(-c3cncs3)no2)C[C@@H](C)C(=O)[C@@H](C)[C@H]2NC(=O)O[C@]12C. The second kappa shape index (κ2) is 17.2. The summed E-state index contributed by atoms with van der Waals surface area (Å²) in [5, 5.41) is 18.4. The van der Waals surface area contributed by atoms with Crippen molar-refractivity contribution in [1.82, 2.24) is 20.4 Å². The number of esters is 1. The van der Waals surface area contributed by atoms with Crippen molar-refractivity contribution < 1.29 is 52.5 Å². The summed E-state index contributed by atoms with van der Waals surface area (Å²) < 4.78 is 36.5. The van der Waals surface area contributed by atoms with E-state index in [0.717, 1.165) is 4.88 Å². The minimum absolute atomic E-state index is 0.0295. The molecule has 0 radical (unpaired) electrons. The molecule has 3 saturated heterocycles. The molecular weight excluding hydrogens is 733 g/mol. The Morgan fingerprint density at radius 1 is 1.09 bits per heavy atom. The number of ether oxygens (including phenoxy) is 5. The highest BCUT2D eigenvalue weighted by molar-refractivity contribution is 7.13. The van der Waals surface area contributed by atoms with Crippen molar-refractivity contribution >= 4 is 35.0 Å². The van der Waals surface area contributed by atoms with E-state index in [-0.39, 0.29) is 37.4 Å². The van der Waals surface area contributed by atoms with Crippen LogP contribution in [0.4, 0.5) is 4.79 Å². The number of rotatable bonds is 7. The largest absolute Gasteiger partial charge is 0.458 e. The Morgan fingerprint density at radius 2 is 1.82 bits per heavy atom. The Bertz CT molecular complexity index is 1760. The smallest absolute Gasteiger partial charge is 0.408 e. The van der Waals surface area contributed by atoms with Gasteiger partial charge in [0, 0.05) is 36.1 Å². The zero-order valence-electron chi connectivity index (χ0n) is 33.2. The van der Waals surface area contributed by atoms with E-state index in [2.05, 4.69) is 27.3 Å². The van der Waals surface area contributed by atoms with Crippen molar-refractivity contribution in [2.75, 3.05) is 20.7 Å². The highest BCUT2D eigenvalue weighted by Gasteiger charge is 2.57. The average Bonchev–Trinajstić information content (AvgIpc) is 3.91. The zero-order chi connectivity index (χ0) is 40.4. The minimum Gasteiger partial charge on any atom is -0.458 e. The van der Waals surface area contributed by atoms with Gasteiger partial charge in [0.15, 0.2) is 17.7 Å². The molecule has 5 heterocycles. The third-order valence-electron chi connectivity index (χ3n) is 11.3. The molecule has 13 atom stereocenters. The number of carbonyl (C=O) groups is 4. The fourth-order valence-corrected chi connectivity index (χ4v) is 8.82. The molecule has 2 aromatic heterocycles. The van der Waals surface area contributed by atoms with Gasteiger partial charge in [-0.25, -0.2) is 4.79 Å². The summed E-state index contributed by atoms with van der Waals surface area (Å²) >= 11 is 1.41. The number of fused-ring (bicyclic) bond motifs is 1. The van der Waals surface area contributed by atoms with Gasteiger partial charge in [0.1, 0.15) is 36.2 Å². The van der Waals surface area contributed by atoms with Crippen LogP contribution in [0.5, 0.6) is 0 Å². The van der Waals surface area contributed by atoms with Crippen LogP contribution < -0.4 is 5.32 Å². The minimum atomic E-state index is -1.44. The van der Waals surface area contributed by atoms with Crippen LogP contribution >= 0.6 is 11.3 Å². The van der Waals surface area contributed by atoms with Crippen LogP contribution in [0.15, 0.2) is 22.3 Å². The molecule has 5 rings (SSSR count). The monoisotopic (exact) mass is 786 g/mol. The number of nitrogens with one attached hydrogen (secondary N) is 1. The number of amides is 1. The normalized spacial score (nSPS) is 37.6. The number of likely N-dealkylation sites (N-methyl/N-ethyl adjacent to an activating group) is 1. The van der Waals surface area contributed by atoms with Crippen LogP contribution in [0.2, 0.25) is 0 Å². The summed E-state index contributed by atoms with van der Waals surface area (Å²) in [6.07, 6.45) is -2.97. The third-order valence-corrected chi connectivity index (χ3v) is 12.1. The molecular formula is C39H54N4O11S. The second-order valence-corrected chi connectivity index (χ2v) is 16.6. The molecule has 55 heavy (non-hydrogen) atoms. The maximum Gasteiger partial charge on any atom is 0.408 e. The molecule has 3 aliphatic rings. The van der Waals surface area contributed by atoms with Gasteiger partial charge >= 0.3 is 12.1 Å². The van der Waals surface area contributed by atoms with Crippen LogP contribution in [0.25, 0.3) is 10.6 Å². The van der Waals surface area contributed by atoms with Gasteiger partial charge in [-0.2, -0.15) is 0 Å². The molecule has 0 spiro atoms. The van der Waals surface area contributed by atoms with Gasteiger partial charge in [0.2, 0.25) is 5.76 Å². The van der Waals surface area contributed by atoms with Crippen molar-refractivity contribution in [3.05, 3.63) is 23.5 Å². The summed E-state index contributed by atoms with van der Waals surface area (Å²) in [4.78, 5) is 62.0. The van der Waals surface area contributed by atoms with Gasteiger partial charge in [-0.1, -0.05) is 38.8 Å². The molecule has 16 heteroatoms. The van der Waals surface area contributed by atoms with E-state index < -0.39 is 83.4 Å². The number of hydrogen-bond donors (Lipinski definition) is 2. The highest BCUT2D eigenvalue weighted by atomic mass is 32.1. The van der Waals surface area contributed by atoms with E-state index >= 15 is 0 Å². The maximum absolute atomic E-state index is 14.4. The zero-order valence-corrected chi connectivity index (χ0v) is 34.0. The fourth-order valence-electron chi connectivity index (χ4n) is 8.24. The number of alkyl carbamates (subject to hydrolysis) is 1. The average molecular weight is 787 g/mol. The molecule has 0 aliphatic carbocycles. The lowest BCUT2D eigenvalue weighted by molar-refractivity contribution is -0.296. The van der Waals surface area contributed by atoms with Crippen molar-refractivity contribution in [2.45, 2.75) is 129 Å². The number of aliphatic hydroxyl groups is 1. The number of cyclic esters (lactones) is 1. The first-order chi connectivity index (χ1) is 25.9.